The molecule has 0 spiro atoms. The second-order valence-corrected chi connectivity index (χ2v) is 8.32. The summed E-state index contributed by atoms with van der Waals surface area (Å²) in [6, 6.07) is 13.1. The van der Waals surface area contributed by atoms with Crippen LogP contribution in [0.15, 0.2) is 42.5 Å². The molecule has 1 fully saturated rings. The van der Waals surface area contributed by atoms with E-state index in [1.165, 1.54) is 0 Å². The largest absolute Gasteiger partial charge is 0.379 e. The number of thiazole rings is 1. The lowest BCUT2D eigenvalue weighted by Crippen LogP contribution is -2.52. The fraction of sp³-hybridized carbons (Fsp3) is 0.238. The first-order chi connectivity index (χ1) is 14.1. The fourth-order valence-corrected chi connectivity index (χ4v) is 4.76. The van der Waals surface area contributed by atoms with E-state index in [1.54, 1.807) is 22.3 Å². The van der Waals surface area contributed by atoms with E-state index < -0.39 is 11.9 Å². The van der Waals surface area contributed by atoms with Crippen LogP contribution in [0.5, 0.6) is 0 Å². The molecule has 0 saturated carbocycles. The van der Waals surface area contributed by atoms with Crippen molar-refractivity contribution >= 4 is 45.0 Å². The van der Waals surface area contributed by atoms with Gasteiger partial charge in [-0.25, -0.2) is 4.98 Å². The summed E-state index contributed by atoms with van der Waals surface area (Å²) >= 11 is 1.65. The molecule has 7 nitrogen and oxygen atoms in total. The van der Waals surface area contributed by atoms with Crippen molar-refractivity contribution in [3.63, 3.8) is 0 Å². The molecule has 3 aromatic rings. The first-order valence-corrected chi connectivity index (χ1v) is 10.3. The first kappa shape index (κ1) is 17.8. The van der Waals surface area contributed by atoms with E-state index in [-0.39, 0.29) is 18.2 Å². The lowest BCUT2D eigenvalue weighted by atomic mass is 10.0. The maximum atomic E-state index is 12.7. The zero-order chi connectivity index (χ0) is 20.0. The summed E-state index contributed by atoms with van der Waals surface area (Å²) < 4.78 is 1.16. The number of hydrogen-bond acceptors (Lipinski definition) is 6. The second kappa shape index (κ2) is 6.97. The number of carbonyl (C=O) groups is 3. The maximum Gasteiger partial charge on any atom is 0.255 e. The second-order valence-electron chi connectivity index (χ2n) is 7.20. The molecule has 0 bridgehead atoms. The lowest BCUT2D eigenvalue weighted by Gasteiger charge is -2.29. The highest BCUT2D eigenvalue weighted by atomic mass is 32.1. The van der Waals surface area contributed by atoms with Crippen LogP contribution in [0, 0.1) is 0 Å². The van der Waals surface area contributed by atoms with Crippen molar-refractivity contribution < 1.29 is 14.4 Å². The van der Waals surface area contributed by atoms with E-state index in [1.807, 2.05) is 30.3 Å². The summed E-state index contributed by atoms with van der Waals surface area (Å²) in [5.74, 6) is -0.833. The summed E-state index contributed by atoms with van der Waals surface area (Å²) in [6.45, 7) is 0.972. The summed E-state index contributed by atoms with van der Waals surface area (Å²) in [4.78, 5) is 42.4. The molecule has 3 heterocycles. The number of piperidine rings is 1. The minimum Gasteiger partial charge on any atom is -0.379 e. The minimum absolute atomic E-state index is 0.160. The Bertz CT molecular complexity index is 1120. The van der Waals surface area contributed by atoms with Gasteiger partial charge >= 0.3 is 0 Å². The van der Waals surface area contributed by atoms with Gasteiger partial charge in [0, 0.05) is 24.2 Å². The number of imide groups is 1. The number of fused-ring (bicyclic) bond motifs is 2. The Morgan fingerprint density at radius 3 is 2.86 bits per heavy atom. The molecule has 146 valence electrons. The van der Waals surface area contributed by atoms with Gasteiger partial charge in [-0.3, -0.25) is 19.7 Å². The lowest BCUT2D eigenvalue weighted by molar-refractivity contribution is -0.136. The van der Waals surface area contributed by atoms with Crippen LogP contribution in [0.25, 0.3) is 10.2 Å². The molecule has 29 heavy (non-hydrogen) atoms. The van der Waals surface area contributed by atoms with Gasteiger partial charge in [-0.2, -0.15) is 0 Å². The van der Waals surface area contributed by atoms with Crippen molar-refractivity contribution in [2.45, 2.75) is 32.0 Å². The molecular weight excluding hydrogens is 388 g/mol. The van der Waals surface area contributed by atoms with E-state index in [4.69, 9.17) is 0 Å². The minimum atomic E-state index is -0.591. The van der Waals surface area contributed by atoms with E-state index in [0.29, 0.717) is 25.1 Å². The van der Waals surface area contributed by atoms with Gasteiger partial charge in [0.2, 0.25) is 11.8 Å². The Morgan fingerprint density at radius 2 is 2.03 bits per heavy atom. The van der Waals surface area contributed by atoms with Gasteiger partial charge in [-0.05, 0) is 42.3 Å². The Kier molecular flexibility index (Phi) is 4.28. The summed E-state index contributed by atoms with van der Waals surface area (Å²) in [6.07, 6.45) is 0.624. The maximum absolute atomic E-state index is 12.7. The molecule has 1 aromatic heterocycles. The van der Waals surface area contributed by atoms with Gasteiger partial charge in [-0.15, -0.1) is 11.3 Å². The van der Waals surface area contributed by atoms with Crippen molar-refractivity contribution in [1.29, 1.82) is 0 Å². The van der Waals surface area contributed by atoms with Gasteiger partial charge in [0.25, 0.3) is 5.91 Å². The van der Waals surface area contributed by atoms with Crippen LogP contribution >= 0.6 is 11.3 Å². The highest BCUT2D eigenvalue weighted by Gasteiger charge is 2.39. The van der Waals surface area contributed by atoms with Crippen LogP contribution in [-0.2, 0) is 22.7 Å². The average Bonchev–Trinajstić information content (AvgIpc) is 3.27. The van der Waals surface area contributed by atoms with E-state index in [2.05, 4.69) is 21.7 Å². The van der Waals surface area contributed by atoms with Crippen molar-refractivity contribution in [1.82, 2.24) is 15.2 Å². The number of rotatable bonds is 4. The van der Waals surface area contributed by atoms with Gasteiger partial charge in [-0.1, -0.05) is 12.1 Å². The third-order valence-corrected chi connectivity index (χ3v) is 6.34. The number of aromatic nitrogens is 1. The number of para-hydroxylation sites is 1. The predicted octanol–water partition coefficient (Wildman–Crippen LogP) is 2.67. The van der Waals surface area contributed by atoms with Gasteiger partial charge in [0.15, 0.2) is 0 Å². The molecule has 1 unspecified atom stereocenters. The van der Waals surface area contributed by atoms with E-state index in [0.717, 1.165) is 26.5 Å². The average molecular weight is 406 g/mol. The highest BCUT2D eigenvalue weighted by Crippen LogP contribution is 2.30. The smallest absolute Gasteiger partial charge is 0.255 e. The highest BCUT2D eigenvalue weighted by molar-refractivity contribution is 7.18. The van der Waals surface area contributed by atoms with E-state index in [9.17, 15) is 14.4 Å². The topological polar surface area (TPSA) is 91.4 Å². The SMILES string of the molecule is O=C1CCC(N2Cc3cc(NCc4nc5ccccc5s4)ccc3C2=O)C(=O)N1. The number of anilines is 1. The van der Waals surface area contributed by atoms with Crippen LogP contribution in [0.2, 0.25) is 0 Å². The Balaban J connectivity index is 1.30. The molecule has 1 atom stereocenters. The summed E-state index contributed by atoms with van der Waals surface area (Å²) in [5.41, 5.74) is 3.39. The number of nitrogens with one attached hydrogen (secondary N) is 2. The third-order valence-electron chi connectivity index (χ3n) is 5.31. The van der Waals surface area contributed by atoms with Gasteiger partial charge in [0.05, 0.1) is 16.8 Å². The quantitative estimate of drug-likeness (QED) is 0.650. The number of benzene rings is 2. The number of amides is 3. The molecular formula is C21H18N4O3S. The van der Waals surface area contributed by atoms with Gasteiger partial charge in [0.1, 0.15) is 11.0 Å². The van der Waals surface area contributed by atoms with Crippen molar-refractivity contribution in [2.75, 3.05) is 5.32 Å². The normalized spacial score (nSPS) is 18.8. The molecule has 8 heteroatoms. The van der Waals surface area contributed by atoms with Gasteiger partial charge < -0.3 is 10.2 Å². The van der Waals surface area contributed by atoms with Crippen LogP contribution in [0.3, 0.4) is 0 Å². The zero-order valence-corrected chi connectivity index (χ0v) is 16.3. The Labute approximate surface area is 170 Å². The number of hydrogen-bond donors (Lipinski definition) is 2. The monoisotopic (exact) mass is 406 g/mol. The molecule has 0 radical (unpaired) electrons. The molecule has 2 aliphatic rings. The summed E-state index contributed by atoms with van der Waals surface area (Å²) in [7, 11) is 0. The van der Waals surface area contributed by atoms with Crippen molar-refractivity contribution in [3.8, 4) is 0 Å². The predicted molar refractivity (Wildman–Crippen MR) is 109 cm³/mol. The zero-order valence-electron chi connectivity index (χ0n) is 15.5. The molecule has 5 rings (SSSR count). The fourth-order valence-electron chi connectivity index (χ4n) is 3.86. The third kappa shape index (κ3) is 3.25. The van der Waals surface area contributed by atoms with Crippen LogP contribution in [0.1, 0.15) is 33.8 Å². The summed E-state index contributed by atoms with van der Waals surface area (Å²) in [5, 5.41) is 6.69. The molecule has 1 saturated heterocycles. The Morgan fingerprint density at radius 1 is 1.17 bits per heavy atom. The van der Waals surface area contributed by atoms with E-state index >= 15 is 0 Å². The van der Waals surface area contributed by atoms with Crippen LogP contribution in [0.4, 0.5) is 5.69 Å². The number of carbonyl (C=O) groups excluding carboxylic acids is 3. The van der Waals surface area contributed by atoms with Crippen molar-refractivity contribution in [2.24, 2.45) is 0 Å². The van der Waals surface area contributed by atoms with Crippen molar-refractivity contribution in [3.05, 3.63) is 58.6 Å². The molecule has 3 amide bonds. The first-order valence-electron chi connectivity index (χ1n) is 9.44. The van der Waals surface area contributed by atoms with Crippen LogP contribution < -0.4 is 10.6 Å². The molecule has 2 N–H and O–H groups in total. The number of nitrogens with zero attached hydrogens (tertiary/aromatic N) is 2. The molecule has 2 aromatic carbocycles. The molecule has 0 aliphatic carbocycles. The Hall–Kier alpha value is -3.26. The molecule has 2 aliphatic heterocycles. The van der Waals surface area contributed by atoms with Crippen LogP contribution in [-0.4, -0.2) is 33.6 Å². The standard InChI is InChI=1S/C21H18N4O3S/c26-18-8-7-16(20(27)24-18)25-11-12-9-13(5-6-14(12)21(25)28)22-10-19-23-15-3-1-2-4-17(15)29-19/h1-6,9,16,22H,7-8,10-11H2,(H,24,26,27).